The highest BCUT2D eigenvalue weighted by atomic mass is 16.7. The molecule has 0 aromatic heterocycles. The third-order valence-corrected chi connectivity index (χ3v) is 5.67. The fraction of sp³-hybridized carbons (Fsp3) is 0.824. The van der Waals surface area contributed by atoms with Crippen molar-refractivity contribution in [1.29, 1.82) is 0 Å². The Morgan fingerprint density at radius 1 is 1.38 bits per heavy atom. The lowest BCUT2D eigenvalue weighted by molar-refractivity contribution is -0.215. The smallest absolute Gasteiger partial charge is 0.314 e. The fourth-order valence-corrected chi connectivity index (χ4v) is 4.49. The molecule has 4 heteroatoms. The van der Waals surface area contributed by atoms with E-state index in [1.807, 2.05) is 19.1 Å². The number of hydrogen-bond acceptors (Lipinski definition) is 4. The summed E-state index contributed by atoms with van der Waals surface area (Å²) in [5.74, 6) is 0.542. The molecule has 0 aromatic rings. The summed E-state index contributed by atoms with van der Waals surface area (Å²) in [6.45, 7) is 2.02. The van der Waals surface area contributed by atoms with Crippen LogP contribution >= 0.6 is 0 Å². The molecule has 116 valence electrons. The third kappa shape index (κ3) is 2.42. The van der Waals surface area contributed by atoms with Crippen molar-refractivity contribution in [2.45, 2.75) is 76.0 Å². The lowest BCUT2D eigenvalue weighted by atomic mass is 9.94. The molecule has 4 rings (SSSR count). The second kappa shape index (κ2) is 5.10. The molecule has 0 radical (unpaired) electrons. The van der Waals surface area contributed by atoms with E-state index in [1.54, 1.807) is 0 Å². The van der Waals surface area contributed by atoms with Crippen LogP contribution in [-0.2, 0) is 19.0 Å². The highest BCUT2D eigenvalue weighted by Gasteiger charge is 2.48. The van der Waals surface area contributed by atoms with Gasteiger partial charge in [0.1, 0.15) is 0 Å². The molecule has 4 bridgehead atoms. The largest absolute Gasteiger partial charge is 0.435 e. The van der Waals surface area contributed by atoms with Crippen LogP contribution in [0.1, 0.15) is 51.9 Å². The zero-order chi connectivity index (χ0) is 14.4. The fourth-order valence-electron chi connectivity index (χ4n) is 4.49. The molecule has 0 aromatic carbocycles. The minimum atomic E-state index is -0.391. The van der Waals surface area contributed by atoms with Gasteiger partial charge in [0, 0.05) is 6.42 Å². The highest BCUT2D eigenvalue weighted by Crippen LogP contribution is 2.50. The number of fused-ring (bicyclic) bond motifs is 4. The molecule has 4 atom stereocenters. The van der Waals surface area contributed by atoms with E-state index in [-0.39, 0.29) is 29.7 Å². The van der Waals surface area contributed by atoms with E-state index in [9.17, 15) is 4.79 Å². The Hall–Kier alpha value is -0.870. The number of ether oxygens (including phenoxy) is 3. The minimum absolute atomic E-state index is 0.00327. The Labute approximate surface area is 125 Å². The zero-order valence-electron chi connectivity index (χ0n) is 12.6. The summed E-state index contributed by atoms with van der Waals surface area (Å²) < 4.78 is 17.6. The standard InChI is InChI=1S/C17H24O4/c1-2-15(21-17-7-5-11(10-17)6-8-17)20-16(18)13-9-12-3-4-14(13)19-12/h3-4,11-15H,2,5-10H2,1H3. The van der Waals surface area contributed by atoms with Gasteiger partial charge in [0.05, 0.1) is 23.7 Å². The molecule has 0 spiro atoms. The Kier molecular flexibility index (Phi) is 3.34. The van der Waals surface area contributed by atoms with Gasteiger partial charge < -0.3 is 14.2 Å². The van der Waals surface area contributed by atoms with Crippen molar-refractivity contribution in [1.82, 2.24) is 0 Å². The average Bonchev–Trinajstić information content (AvgIpc) is 3.26. The Bertz CT molecular complexity index is 450. The topological polar surface area (TPSA) is 44.8 Å². The lowest BCUT2D eigenvalue weighted by Gasteiger charge is -2.32. The molecular weight excluding hydrogens is 268 g/mol. The molecule has 1 saturated heterocycles. The summed E-state index contributed by atoms with van der Waals surface area (Å²) in [6.07, 6.45) is 11.1. The monoisotopic (exact) mass is 292 g/mol. The first kappa shape index (κ1) is 13.8. The van der Waals surface area contributed by atoms with E-state index in [2.05, 4.69) is 0 Å². The van der Waals surface area contributed by atoms with Crippen LogP contribution in [0.5, 0.6) is 0 Å². The van der Waals surface area contributed by atoms with Crippen molar-refractivity contribution in [3.63, 3.8) is 0 Å². The molecule has 2 aliphatic carbocycles. The Balaban J connectivity index is 1.36. The first-order valence-corrected chi connectivity index (χ1v) is 8.39. The van der Waals surface area contributed by atoms with Gasteiger partial charge >= 0.3 is 5.97 Å². The molecule has 21 heavy (non-hydrogen) atoms. The molecule has 2 saturated carbocycles. The van der Waals surface area contributed by atoms with E-state index in [0.29, 0.717) is 0 Å². The van der Waals surface area contributed by atoms with Crippen molar-refractivity contribution in [3.05, 3.63) is 12.2 Å². The third-order valence-electron chi connectivity index (χ3n) is 5.67. The van der Waals surface area contributed by atoms with Gasteiger partial charge in [0.25, 0.3) is 0 Å². The molecule has 2 heterocycles. The van der Waals surface area contributed by atoms with Gasteiger partial charge in [0.15, 0.2) is 0 Å². The Morgan fingerprint density at radius 2 is 2.19 bits per heavy atom. The number of carbonyl (C=O) groups excluding carboxylic acids is 1. The van der Waals surface area contributed by atoms with Crippen LogP contribution in [-0.4, -0.2) is 30.1 Å². The van der Waals surface area contributed by atoms with Crippen molar-refractivity contribution >= 4 is 5.97 Å². The average molecular weight is 292 g/mol. The van der Waals surface area contributed by atoms with Crippen LogP contribution in [0.25, 0.3) is 0 Å². The van der Waals surface area contributed by atoms with Crippen molar-refractivity contribution in [3.8, 4) is 0 Å². The van der Waals surface area contributed by atoms with Crippen molar-refractivity contribution in [2.75, 3.05) is 0 Å². The van der Waals surface area contributed by atoms with E-state index >= 15 is 0 Å². The second-order valence-electron chi connectivity index (χ2n) is 7.09. The van der Waals surface area contributed by atoms with Crippen LogP contribution in [0.4, 0.5) is 0 Å². The molecule has 2 aliphatic heterocycles. The predicted octanol–water partition coefficient (Wildman–Crippen LogP) is 2.96. The van der Waals surface area contributed by atoms with E-state index in [4.69, 9.17) is 14.2 Å². The van der Waals surface area contributed by atoms with Crippen LogP contribution in [0.3, 0.4) is 0 Å². The van der Waals surface area contributed by atoms with Crippen LogP contribution < -0.4 is 0 Å². The summed E-state index contributed by atoms with van der Waals surface area (Å²) in [6, 6.07) is 0. The zero-order valence-corrected chi connectivity index (χ0v) is 12.6. The van der Waals surface area contributed by atoms with Crippen LogP contribution in [0.15, 0.2) is 12.2 Å². The molecular formula is C17H24O4. The summed E-state index contributed by atoms with van der Waals surface area (Å²) in [4.78, 5) is 12.4. The molecule has 0 N–H and O–H groups in total. The van der Waals surface area contributed by atoms with E-state index in [0.717, 1.165) is 38.0 Å². The summed E-state index contributed by atoms with van der Waals surface area (Å²) in [5, 5.41) is 0. The molecule has 0 amide bonds. The van der Waals surface area contributed by atoms with Gasteiger partial charge in [-0.05, 0) is 44.4 Å². The Morgan fingerprint density at radius 3 is 2.71 bits per heavy atom. The molecule has 3 fully saturated rings. The molecule has 4 aliphatic rings. The SMILES string of the molecule is CCC(OC(=O)C1CC2C=CC1O2)OC12CCC(CC1)C2. The maximum atomic E-state index is 12.4. The normalized spacial score (nSPS) is 44.4. The number of hydrogen-bond donors (Lipinski definition) is 0. The van der Waals surface area contributed by atoms with Gasteiger partial charge in [-0.2, -0.15) is 0 Å². The van der Waals surface area contributed by atoms with Gasteiger partial charge in [0.2, 0.25) is 6.29 Å². The maximum absolute atomic E-state index is 12.4. The van der Waals surface area contributed by atoms with E-state index in [1.165, 1.54) is 12.8 Å². The van der Waals surface area contributed by atoms with Gasteiger partial charge in [-0.15, -0.1) is 0 Å². The first-order chi connectivity index (χ1) is 10.2. The van der Waals surface area contributed by atoms with Gasteiger partial charge in [-0.1, -0.05) is 19.1 Å². The predicted molar refractivity (Wildman–Crippen MR) is 76.5 cm³/mol. The lowest BCUT2D eigenvalue weighted by Crippen LogP contribution is -2.37. The van der Waals surface area contributed by atoms with Crippen LogP contribution in [0, 0.1) is 11.8 Å². The molecule has 4 unspecified atom stereocenters. The summed E-state index contributed by atoms with van der Waals surface area (Å²) in [5.41, 5.74) is -0.00327. The van der Waals surface area contributed by atoms with Gasteiger partial charge in [-0.3, -0.25) is 4.79 Å². The highest BCUT2D eigenvalue weighted by molar-refractivity contribution is 5.74. The number of carbonyl (C=O) groups is 1. The van der Waals surface area contributed by atoms with E-state index < -0.39 is 6.29 Å². The second-order valence-corrected chi connectivity index (χ2v) is 7.09. The number of rotatable bonds is 5. The maximum Gasteiger partial charge on any atom is 0.314 e. The quantitative estimate of drug-likeness (QED) is 0.444. The van der Waals surface area contributed by atoms with Crippen molar-refractivity contribution < 1.29 is 19.0 Å². The summed E-state index contributed by atoms with van der Waals surface area (Å²) in [7, 11) is 0. The number of esters is 1. The van der Waals surface area contributed by atoms with Crippen molar-refractivity contribution in [2.24, 2.45) is 11.8 Å². The van der Waals surface area contributed by atoms with Crippen LogP contribution in [0.2, 0.25) is 0 Å². The first-order valence-electron chi connectivity index (χ1n) is 8.39. The van der Waals surface area contributed by atoms with Gasteiger partial charge in [-0.25, -0.2) is 0 Å². The minimum Gasteiger partial charge on any atom is -0.435 e. The molecule has 4 nitrogen and oxygen atoms in total. The summed E-state index contributed by atoms with van der Waals surface area (Å²) >= 11 is 0.